The van der Waals surface area contributed by atoms with Crippen LogP contribution in [0.2, 0.25) is 0 Å². The van der Waals surface area contributed by atoms with Gasteiger partial charge in [-0.05, 0) is 23.8 Å². The SMILES string of the molecule is N#CC(C#N)=Cc1cccc(OCC(F)(F)F)c1. The van der Waals surface area contributed by atoms with Crippen LogP contribution in [0.25, 0.3) is 6.08 Å². The zero-order valence-electron chi connectivity index (χ0n) is 9.03. The highest BCUT2D eigenvalue weighted by molar-refractivity contribution is 5.62. The fourth-order valence-electron chi connectivity index (χ4n) is 1.12. The van der Waals surface area contributed by atoms with Crippen molar-refractivity contribution in [3.8, 4) is 17.9 Å². The van der Waals surface area contributed by atoms with Gasteiger partial charge in [-0.15, -0.1) is 0 Å². The van der Waals surface area contributed by atoms with Crippen molar-refractivity contribution in [2.24, 2.45) is 0 Å². The lowest BCUT2D eigenvalue weighted by Gasteiger charge is -2.09. The first kappa shape index (κ1) is 13.6. The molecule has 0 unspecified atom stereocenters. The monoisotopic (exact) mass is 252 g/mol. The van der Waals surface area contributed by atoms with Gasteiger partial charge < -0.3 is 4.74 Å². The molecular weight excluding hydrogens is 245 g/mol. The average Bonchev–Trinajstić information content (AvgIpc) is 2.33. The van der Waals surface area contributed by atoms with Crippen molar-refractivity contribution < 1.29 is 17.9 Å². The van der Waals surface area contributed by atoms with E-state index < -0.39 is 12.8 Å². The molecule has 0 amide bonds. The summed E-state index contributed by atoms with van der Waals surface area (Å²) in [7, 11) is 0. The van der Waals surface area contributed by atoms with Crippen LogP contribution >= 0.6 is 0 Å². The first-order chi connectivity index (χ1) is 8.44. The Morgan fingerprint density at radius 2 is 1.94 bits per heavy atom. The molecular formula is C12H7F3N2O. The molecule has 1 rings (SSSR count). The van der Waals surface area contributed by atoms with Gasteiger partial charge in [0.15, 0.2) is 6.61 Å². The topological polar surface area (TPSA) is 56.8 Å². The maximum absolute atomic E-state index is 11.9. The standard InChI is InChI=1S/C12H7F3N2O/c13-12(14,15)8-18-11-3-1-2-9(5-11)4-10(6-16)7-17/h1-5H,8H2. The second-order valence-electron chi connectivity index (χ2n) is 3.26. The van der Waals surface area contributed by atoms with Crippen LogP contribution in [-0.2, 0) is 0 Å². The number of nitrogens with zero attached hydrogens (tertiary/aromatic N) is 2. The van der Waals surface area contributed by atoms with E-state index in [-0.39, 0.29) is 11.3 Å². The minimum Gasteiger partial charge on any atom is -0.484 e. The van der Waals surface area contributed by atoms with Crippen molar-refractivity contribution in [3.05, 3.63) is 35.4 Å². The summed E-state index contributed by atoms with van der Waals surface area (Å²) >= 11 is 0. The summed E-state index contributed by atoms with van der Waals surface area (Å²) in [5.74, 6) is 0.0244. The summed E-state index contributed by atoms with van der Waals surface area (Å²) < 4.78 is 40.4. The summed E-state index contributed by atoms with van der Waals surface area (Å²) in [5, 5.41) is 17.1. The van der Waals surface area contributed by atoms with Crippen molar-refractivity contribution in [1.82, 2.24) is 0 Å². The van der Waals surface area contributed by atoms with Crippen molar-refractivity contribution in [3.63, 3.8) is 0 Å². The molecule has 0 aliphatic heterocycles. The summed E-state index contributed by atoms with van der Waals surface area (Å²) in [6, 6.07) is 9.02. The lowest BCUT2D eigenvalue weighted by atomic mass is 10.1. The Kier molecular flexibility index (Phi) is 4.33. The van der Waals surface area contributed by atoms with Gasteiger partial charge in [0.2, 0.25) is 0 Å². The fraction of sp³-hybridized carbons (Fsp3) is 0.167. The molecule has 0 aliphatic carbocycles. The van der Waals surface area contributed by atoms with Crippen molar-refractivity contribution in [2.75, 3.05) is 6.61 Å². The first-order valence-electron chi connectivity index (χ1n) is 4.76. The minimum atomic E-state index is -4.41. The lowest BCUT2D eigenvalue weighted by Crippen LogP contribution is -2.19. The number of benzene rings is 1. The zero-order chi connectivity index (χ0) is 13.6. The van der Waals surface area contributed by atoms with E-state index in [2.05, 4.69) is 4.74 Å². The van der Waals surface area contributed by atoms with Crippen LogP contribution in [0.5, 0.6) is 5.75 Å². The van der Waals surface area contributed by atoms with E-state index in [0.29, 0.717) is 5.56 Å². The predicted octanol–water partition coefficient (Wildman–Crippen LogP) is 3.06. The van der Waals surface area contributed by atoms with E-state index in [9.17, 15) is 13.2 Å². The van der Waals surface area contributed by atoms with E-state index in [0.717, 1.165) is 0 Å². The molecule has 0 saturated carbocycles. The smallest absolute Gasteiger partial charge is 0.422 e. The third-order valence-electron chi connectivity index (χ3n) is 1.81. The highest BCUT2D eigenvalue weighted by Gasteiger charge is 2.28. The van der Waals surface area contributed by atoms with Crippen LogP contribution in [0.3, 0.4) is 0 Å². The molecule has 0 radical (unpaired) electrons. The van der Waals surface area contributed by atoms with Crippen molar-refractivity contribution in [1.29, 1.82) is 10.5 Å². The Balaban J connectivity index is 2.85. The predicted molar refractivity (Wildman–Crippen MR) is 57.2 cm³/mol. The Bertz CT molecular complexity index is 519. The van der Waals surface area contributed by atoms with Crippen LogP contribution in [0.1, 0.15) is 5.56 Å². The van der Waals surface area contributed by atoms with Gasteiger partial charge in [-0.1, -0.05) is 12.1 Å². The van der Waals surface area contributed by atoms with Gasteiger partial charge in [0.05, 0.1) is 0 Å². The number of halogens is 3. The molecule has 6 heteroatoms. The van der Waals surface area contributed by atoms with Gasteiger partial charge in [0.1, 0.15) is 23.5 Å². The van der Waals surface area contributed by atoms with Gasteiger partial charge >= 0.3 is 6.18 Å². The van der Waals surface area contributed by atoms with Gasteiger partial charge in [-0.3, -0.25) is 0 Å². The summed E-state index contributed by atoms with van der Waals surface area (Å²) in [6.45, 7) is -1.39. The summed E-state index contributed by atoms with van der Waals surface area (Å²) in [4.78, 5) is 0. The third kappa shape index (κ3) is 4.58. The van der Waals surface area contributed by atoms with Crippen LogP contribution < -0.4 is 4.74 Å². The molecule has 0 spiro atoms. The largest absolute Gasteiger partial charge is 0.484 e. The number of alkyl halides is 3. The number of hydrogen-bond donors (Lipinski definition) is 0. The Morgan fingerprint density at radius 1 is 1.28 bits per heavy atom. The molecule has 0 saturated heterocycles. The molecule has 0 N–H and O–H groups in total. The fourth-order valence-corrected chi connectivity index (χ4v) is 1.12. The van der Waals surface area contributed by atoms with E-state index in [4.69, 9.17) is 10.5 Å². The Labute approximate surface area is 101 Å². The second kappa shape index (κ2) is 5.74. The highest BCUT2D eigenvalue weighted by atomic mass is 19.4. The number of nitriles is 2. The molecule has 92 valence electrons. The van der Waals surface area contributed by atoms with Crippen LogP contribution in [0.4, 0.5) is 13.2 Å². The number of hydrogen-bond acceptors (Lipinski definition) is 3. The van der Waals surface area contributed by atoms with E-state index in [1.54, 1.807) is 18.2 Å². The molecule has 0 bridgehead atoms. The average molecular weight is 252 g/mol. The van der Waals surface area contributed by atoms with Gasteiger partial charge in [-0.2, -0.15) is 23.7 Å². The number of allylic oxidation sites excluding steroid dienone is 1. The Hall–Kier alpha value is -2.47. The van der Waals surface area contributed by atoms with Gasteiger partial charge in [0.25, 0.3) is 0 Å². The quantitative estimate of drug-likeness (QED) is 0.777. The molecule has 3 nitrogen and oxygen atoms in total. The van der Waals surface area contributed by atoms with Crippen molar-refractivity contribution >= 4 is 6.08 Å². The highest BCUT2D eigenvalue weighted by Crippen LogP contribution is 2.20. The molecule has 1 aromatic carbocycles. The normalized spacial score (nSPS) is 10.1. The van der Waals surface area contributed by atoms with Gasteiger partial charge in [0, 0.05) is 0 Å². The van der Waals surface area contributed by atoms with Crippen LogP contribution in [0.15, 0.2) is 29.8 Å². The molecule has 18 heavy (non-hydrogen) atoms. The molecule has 1 aromatic rings. The number of rotatable bonds is 3. The number of ether oxygens (including phenoxy) is 1. The van der Waals surface area contributed by atoms with E-state index in [1.165, 1.54) is 24.3 Å². The van der Waals surface area contributed by atoms with Crippen LogP contribution in [0, 0.1) is 22.7 Å². The van der Waals surface area contributed by atoms with Crippen molar-refractivity contribution in [2.45, 2.75) is 6.18 Å². The zero-order valence-corrected chi connectivity index (χ0v) is 9.03. The molecule has 0 heterocycles. The Morgan fingerprint density at radius 3 is 2.50 bits per heavy atom. The molecule has 0 atom stereocenters. The third-order valence-corrected chi connectivity index (χ3v) is 1.81. The maximum atomic E-state index is 11.9. The second-order valence-corrected chi connectivity index (χ2v) is 3.26. The lowest BCUT2D eigenvalue weighted by molar-refractivity contribution is -0.153. The minimum absolute atomic E-state index is 0.0244. The van der Waals surface area contributed by atoms with Crippen LogP contribution in [-0.4, -0.2) is 12.8 Å². The molecule has 0 fully saturated rings. The maximum Gasteiger partial charge on any atom is 0.422 e. The van der Waals surface area contributed by atoms with E-state index in [1.807, 2.05) is 0 Å². The van der Waals surface area contributed by atoms with Gasteiger partial charge in [-0.25, -0.2) is 0 Å². The summed E-state index contributed by atoms with van der Waals surface area (Å²) in [6.07, 6.45) is -3.14. The summed E-state index contributed by atoms with van der Waals surface area (Å²) in [5.41, 5.74) is 0.288. The molecule has 0 aliphatic rings. The first-order valence-corrected chi connectivity index (χ1v) is 4.76. The van der Waals surface area contributed by atoms with E-state index >= 15 is 0 Å². The molecule has 0 aromatic heterocycles.